The number of benzene rings is 1. The van der Waals surface area contributed by atoms with Gasteiger partial charge in [-0.1, -0.05) is 37.1 Å². The molecule has 0 spiro atoms. The zero-order chi connectivity index (χ0) is 13.0. The fourth-order valence-electron chi connectivity index (χ4n) is 3.07. The van der Waals surface area contributed by atoms with Gasteiger partial charge in [0.25, 0.3) is 0 Å². The van der Waals surface area contributed by atoms with Crippen LogP contribution in [-0.2, 0) is 6.54 Å². The van der Waals surface area contributed by atoms with Crippen molar-refractivity contribution in [3.8, 4) is 0 Å². The molecule has 1 saturated carbocycles. The Hall–Kier alpha value is -0.820. The largest absolute Gasteiger partial charge is 0.310 e. The fraction of sp³-hybridized carbons (Fsp3) is 0.647. The Kier molecular flexibility index (Phi) is 4.82. The number of rotatable bonds is 4. The molecule has 1 aliphatic carbocycles. The third-order valence-corrected chi connectivity index (χ3v) is 4.50. The molecule has 1 N–H and O–H groups in total. The van der Waals surface area contributed by atoms with Crippen LogP contribution >= 0.6 is 0 Å². The molecule has 0 saturated heterocycles. The minimum atomic E-state index is 0.744. The molecule has 1 heteroatoms. The molecule has 0 radical (unpaired) electrons. The Morgan fingerprint density at radius 2 is 1.83 bits per heavy atom. The lowest BCUT2D eigenvalue weighted by Gasteiger charge is -2.28. The van der Waals surface area contributed by atoms with Crippen LogP contribution in [-0.4, -0.2) is 6.04 Å². The molecule has 0 aliphatic heterocycles. The molecule has 1 aromatic rings. The van der Waals surface area contributed by atoms with Gasteiger partial charge in [-0.25, -0.2) is 0 Å². The highest BCUT2D eigenvalue weighted by Gasteiger charge is 2.19. The summed E-state index contributed by atoms with van der Waals surface area (Å²) in [7, 11) is 0. The topological polar surface area (TPSA) is 12.0 Å². The van der Waals surface area contributed by atoms with Crippen molar-refractivity contribution in [2.75, 3.05) is 0 Å². The van der Waals surface area contributed by atoms with Gasteiger partial charge in [-0.15, -0.1) is 0 Å². The van der Waals surface area contributed by atoms with Crippen molar-refractivity contribution in [2.45, 2.75) is 65.5 Å². The van der Waals surface area contributed by atoms with Crippen molar-refractivity contribution in [3.63, 3.8) is 0 Å². The Bertz CT molecular complexity index is 375. The molecule has 0 bridgehead atoms. The fourth-order valence-corrected chi connectivity index (χ4v) is 3.07. The SMILES string of the molecule is CCC1CCC(NCc2ccc(C)cc2C)CC1. The van der Waals surface area contributed by atoms with E-state index in [1.165, 1.54) is 48.8 Å². The van der Waals surface area contributed by atoms with Gasteiger partial charge in [0.15, 0.2) is 0 Å². The van der Waals surface area contributed by atoms with Crippen LogP contribution < -0.4 is 5.32 Å². The minimum Gasteiger partial charge on any atom is -0.310 e. The minimum absolute atomic E-state index is 0.744. The van der Waals surface area contributed by atoms with Crippen molar-refractivity contribution in [2.24, 2.45) is 5.92 Å². The molecule has 0 amide bonds. The second kappa shape index (κ2) is 6.38. The molecule has 0 heterocycles. The molecule has 2 rings (SSSR count). The average Bonchev–Trinajstić information content (AvgIpc) is 2.38. The molecule has 1 nitrogen and oxygen atoms in total. The zero-order valence-electron chi connectivity index (χ0n) is 12.1. The maximum Gasteiger partial charge on any atom is 0.0210 e. The number of hydrogen-bond acceptors (Lipinski definition) is 1. The summed E-state index contributed by atoms with van der Waals surface area (Å²) in [4.78, 5) is 0. The second-order valence-electron chi connectivity index (χ2n) is 5.94. The van der Waals surface area contributed by atoms with Crippen LogP contribution in [0.4, 0.5) is 0 Å². The van der Waals surface area contributed by atoms with Gasteiger partial charge in [0.2, 0.25) is 0 Å². The van der Waals surface area contributed by atoms with Crippen molar-refractivity contribution in [3.05, 3.63) is 34.9 Å². The smallest absolute Gasteiger partial charge is 0.0210 e. The predicted molar refractivity (Wildman–Crippen MR) is 78.8 cm³/mol. The van der Waals surface area contributed by atoms with Crippen molar-refractivity contribution in [1.82, 2.24) is 5.32 Å². The van der Waals surface area contributed by atoms with E-state index in [-0.39, 0.29) is 0 Å². The first-order chi connectivity index (χ1) is 8.69. The number of aryl methyl sites for hydroxylation is 2. The highest BCUT2D eigenvalue weighted by atomic mass is 14.9. The van der Waals surface area contributed by atoms with Crippen LogP contribution in [0, 0.1) is 19.8 Å². The lowest BCUT2D eigenvalue weighted by molar-refractivity contribution is 0.285. The van der Waals surface area contributed by atoms with Crippen LogP contribution in [0.15, 0.2) is 18.2 Å². The summed E-state index contributed by atoms with van der Waals surface area (Å²) in [6, 6.07) is 7.52. The lowest BCUT2D eigenvalue weighted by atomic mass is 9.84. The van der Waals surface area contributed by atoms with Gasteiger partial charge in [-0.2, -0.15) is 0 Å². The van der Waals surface area contributed by atoms with E-state index in [0.717, 1.165) is 18.5 Å². The summed E-state index contributed by atoms with van der Waals surface area (Å²) < 4.78 is 0. The molecular formula is C17H27N. The van der Waals surface area contributed by atoms with Gasteiger partial charge >= 0.3 is 0 Å². The van der Waals surface area contributed by atoms with Gasteiger partial charge in [-0.3, -0.25) is 0 Å². The Labute approximate surface area is 112 Å². The molecule has 0 atom stereocenters. The van der Waals surface area contributed by atoms with Gasteiger partial charge in [0, 0.05) is 12.6 Å². The van der Waals surface area contributed by atoms with Crippen LogP contribution in [0.3, 0.4) is 0 Å². The first-order valence-corrected chi connectivity index (χ1v) is 7.48. The van der Waals surface area contributed by atoms with E-state index < -0.39 is 0 Å². The Balaban J connectivity index is 1.81. The first-order valence-electron chi connectivity index (χ1n) is 7.48. The maximum absolute atomic E-state index is 3.74. The van der Waals surface area contributed by atoms with Crippen molar-refractivity contribution >= 4 is 0 Å². The molecule has 1 aromatic carbocycles. The van der Waals surface area contributed by atoms with E-state index in [1.807, 2.05) is 0 Å². The van der Waals surface area contributed by atoms with E-state index in [1.54, 1.807) is 0 Å². The zero-order valence-corrected chi connectivity index (χ0v) is 12.1. The molecule has 18 heavy (non-hydrogen) atoms. The summed E-state index contributed by atoms with van der Waals surface area (Å²) >= 11 is 0. The normalized spacial score (nSPS) is 24.2. The first kappa shape index (κ1) is 13.6. The molecule has 1 fully saturated rings. The Morgan fingerprint density at radius 3 is 2.44 bits per heavy atom. The van der Waals surface area contributed by atoms with E-state index in [0.29, 0.717) is 0 Å². The van der Waals surface area contributed by atoms with Crippen LogP contribution in [0.1, 0.15) is 55.7 Å². The van der Waals surface area contributed by atoms with E-state index in [2.05, 4.69) is 44.3 Å². The average molecular weight is 245 g/mol. The summed E-state index contributed by atoms with van der Waals surface area (Å²) in [5.41, 5.74) is 4.24. The van der Waals surface area contributed by atoms with E-state index in [4.69, 9.17) is 0 Å². The summed E-state index contributed by atoms with van der Waals surface area (Å²) in [6.07, 6.45) is 6.93. The van der Waals surface area contributed by atoms with E-state index in [9.17, 15) is 0 Å². The summed E-state index contributed by atoms with van der Waals surface area (Å²) in [5.74, 6) is 0.990. The second-order valence-corrected chi connectivity index (χ2v) is 5.94. The summed E-state index contributed by atoms with van der Waals surface area (Å²) in [5, 5.41) is 3.74. The highest BCUT2D eigenvalue weighted by Crippen LogP contribution is 2.26. The number of nitrogens with one attached hydrogen (secondary N) is 1. The Morgan fingerprint density at radius 1 is 1.11 bits per heavy atom. The van der Waals surface area contributed by atoms with Crippen LogP contribution in [0.25, 0.3) is 0 Å². The third kappa shape index (κ3) is 3.58. The van der Waals surface area contributed by atoms with E-state index >= 15 is 0 Å². The van der Waals surface area contributed by atoms with Crippen LogP contribution in [0.2, 0.25) is 0 Å². The van der Waals surface area contributed by atoms with Gasteiger partial charge in [0.1, 0.15) is 0 Å². The monoisotopic (exact) mass is 245 g/mol. The van der Waals surface area contributed by atoms with Crippen molar-refractivity contribution < 1.29 is 0 Å². The van der Waals surface area contributed by atoms with Crippen molar-refractivity contribution in [1.29, 1.82) is 0 Å². The molecule has 1 aliphatic rings. The molecule has 0 aromatic heterocycles. The summed E-state index contributed by atoms with van der Waals surface area (Å²) in [6.45, 7) is 7.75. The van der Waals surface area contributed by atoms with Gasteiger partial charge in [-0.05, 0) is 56.6 Å². The lowest BCUT2D eigenvalue weighted by Crippen LogP contribution is -2.32. The maximum atomic E-state index is 3.74. The van der Waals surface area contributed by atoms with Crippen LogP contribution in [0.5, 0.6) is 0 Å². The quantitative estimate of drug-likeness (QED) is 0.831. The third-order valence-electron chi connectivity index (χ3n) is 4.50. The van der Waals surface area contributed by atoms with Gasteiger partial charge in [0.05, 0.1) is 0 Å². The molecule has 100 valence electrons. The number of hydrogen-bond donors (Lipinski definition) is 1. The molecular weight excluding hydrogens is 218 g/mol. The standard InChI is InChI=1S/C17H27N/c1-4-15-6-9-17(10-7-15)18-12-16-8-5-13(2)11-14(16)3/h5,8,11,15,17-18H,4,6-7,9-10,12H2,1-3H3. The van der Waals surface area contributed by atoms with Gasteiger partial charge < -0.3 is 5.32 Å². The highest BCUT2D eigenvalue weighted by molar-refractivity contribution is 5.30. The molecule has 0 unspecified atom stereocenters. The predicted octanol–water partition coefficient (Wildman–Crippen LogP) is 4.36.